The maximum atomic E-state index is 10.3. The second-order valence-corrected chi connectivity index (χ2v) is 7.03. The van der Waals surface area contributed by atoms with Crippen LogP contribution in [0.25, 0.3) is 0 Å². The molecule has 0 spiro atoms. The molecule has 2 atom stereocenters. The van der Waals surface area contributed by atoms with Crippen LogP contribution in [0.15, 0.2) is 23.3 Å². The van der Waals surface area contributed by atoms with Gasteiger partial charge in [-0.1, -0.05) is 43.1 Å². The molecule has 122 valence electrons. The van der Waals surface area contributed by atoms with Crippen molar-refractivity contribution in [2.45, 2.75) is 84.8 Å². The van der Waals surface area contributed by atoms with Gasteiger partial charge >= 0.3 is 0 Å². The quantitative estimate of drug-likeness (QED) is 0.673. The average molecular weight is 294 g/mol. The topological polar surface area (TPSA) is 40.5 Å². The maximum absolute atomic E-state index is 10.3. The minimum atomic E-state index is -0.341. The highest BCUT2D eigenvalue weighted by Gasteiger charge is 2.34. The van der Waals surface area contributed by atoms with Gasteiger partial charge in [0.1, 0.15) is 0 Å². The lowest BCUT2D eigenvalue weighted by Gasteiger charge is -2.36. The summed E-state index contributed by atoms with van der Waals surface area (Å²) in [5.74, 6) is 0.524. The molecule has 1 fully saturated rings. The van der Waals surface area contributed by atoms with E-state index >= 15 is 0 Å². The maximum Gasteiger partial charge on any atom is 0.0598 e. The number of hydrogen-bond acceptors (Lipinski definition) is 2. The van der Waals surface area contributed by atoms with Crippen molar-refractivity contribution < 1.29 is 10.2 Å². The second-order valence-electron chi connectivity index (χ2n) is 7.03. The lowest BCUT2D eigenvalue weighted by molar-refractivity contribution is -0.0449. The molecule has 0 bridgehead atoms. The molecule has 0 aromatic rings. The third-order valence-corrected chi connectivity index (χ3v) is 4.66. The molecule has 0 amide bonds. The molecule has 2 N–H and O–H groups in total. The van der Waals surface area contributed by atoms with E-state index in [0.29, 0.717) is 5.92 Å². The normalized spacial score (nSPS) is 30.3. The van der Waals surface area contributed by atoms with Crippen LogP contribution in [0.4, 0.5) is 0 Å². The van der Waals surface area contributed by atoms with E-state index in [2.05, 4.69) is 39.8 Å². The standard InChI is InChI=1S/C19H34O2/c1-5-7-16-12-18(20)17(19(21)13-16)11-10-15(4)9-6-8-14(2)3/h8,10,16-21H,5-7,9,11-13H2,1-4H3/b15-10+. The largest absolute Gasteiger partial charge is 0.393 e. The van der Waals surface area contributed by atoms with Gasteiger partial charge in [-0.15, -0.1) is 0 Å². The first kappa shape index (κ1) is 18.4. The summed E-state index contributed by atoms with van der Waals surface area (Å²) in [6.07, 6.45) is 10.7. The van der Waals surface area contributed by atoms with Gasteiger partial charge in [0.05, 0.1) is 12.2 Å². The molecule has 1 aliphatic carbocycles. The van der Waals surface area contributed by atoms with Gasteiger partial charge in [0.15, 0.2) is 0 Å². The highest BCUT2D eigenvalue weighted by molar-refractivity contribution is 5.04. The molecule has 2 heteroatoms. The van der Waals surface area contributed by atoms with E-state index in [1.165, 1.54) is 11.1 Å². The van der Waals surface area contributed by atoms with Gasteiger partial charge in [-0.2, -0.15) is 0 Å². The average Bonchev–Trinajstić information content (AvgIpc) is 2.37. The van der Waals surface area contributed by atoms with Gasteiger partial charge in [-0.05, 0) is 58.8 Å². The van der Waals surface area contributed by atoms with Crippen LogP contribution in [0, 0.1) is 11.8 Å². The molecule has 1 aliphatic rings. The van der Waals surface area contributed by atoms with E-state index < -0.39 is 0 Å². The van der Waals surface area contributed by atoms with E-state index in [4.69, 9.17) is 0 Å². The van der Waals surface area contributed by atoms with Crippen LogP contribution in [-0.2, 0) is 0 Å². The van der Waals surface area contributed by atoms with Crippen LogP contribution >= 0.6 is 0 Å². The SMILES string of the molecule is CCCC1CC(O)C(C/C=C(\C)CCC=C(C)C)C(O)C1. The molecule has 0 aromatic heterocycles. The van der Waals surface area contributed by atoms with Gasteiger partial charge in [-0.25, -0.2) is 0 Å². The molecule has 2 nitrogen and oxygen atoms in total. The molecule has 1 saturated carbocycles. The van der Waals surface area contributed by atoms with Crippen molar-refractivity contribution >= 4 is 0 Å². The predicted molar refractivity (Wildman–Crippen MR) is 90.2 cm³/mol. The van der Waals surface area contributed by atoms with Crippen LogP contribution in [0.5, 0.6) is 0 Å². The second kappa shape index (κ2) is 9.42. The lowest BCUT2D eigenvalue weighted by Crippen LogP contribution is -2.39. The monoisotopic (exact) mass is 294 g/mol. The van der Waals surface area contributed by atoms with E-state index in [-0.39, 0.29) is 18.1 Å². The molecule has 21 heavy (non-hydrogen) atoms. The summed E-state index contributed by atoms with van der Waals surface area (Å²) in [4.78, 5) is 0. The Kier molecular flexibility index (Phi) is 8.28. The van der Waals surface area contributed by atoms with Crippen molar-refractivity contribution in [1.29, 1.82) is 0 Å². The van der Waals surface area contributed by atoms with E-state index in [1.807, 2.05) is 0 Å². The predicted octanol–water partition coefficient (Wildman–Crippen LogP) is 4.62. The molecule has 2 unspecified atom stereocenters. The Morgan fingerprint density at radius 2 is 1.67 bits per heavy atom. The van der Waals surface area contributed by atoms with Gasteiger partial charge in [0.2, 0.25) is 0 Å². The number of hydrogen-bond donors (Lipinski definition) is 2. The molecular weight excluding hydrogens is 260 g/mol. The van der Waals surface area contributed by atoms with Gasteiger partial charge in [0, 0.05) is 5.92 Å². The van der Waals surface area contributed by atoms with E-state index in [1.54, 1.807) is 0 Å². The van der Waals surface area contributed by atoms with Crippen LogP contribution < -0.4 is 0 Å². The highest BCUT2D eigenvalue weighted by Crippen LogP contribution is 2.34. The lowest BCUT2D eigenvalue weighted by atomic mass is 9.74. The van der Waals surface area contributed by atoms with Crippen molar-refractivity contribution in [2.75, 3.05) is 0 Å². The first-order valence-electron chi connectivity index (χ1n) is 8.59. The van der Waals surface area contributed by atoms with E-state index in [0.717, 1.165) is 44.9 Å². The Hall–Kier alpha value is -0.600. The zero-order valence-electron chi connectivity index (χ0n) is 14.3. The number of aliphatic hydroxyl groups excluding tert-OH is 2. The number of aliphatic hydroxyl groups is 2. The number of rotatable bonds is 7. The Balaban J connectivity index is 2.45. The Morgan fingerprint density at radius 1 is 1.05 bits per heavy atom. The molecule has 0 radical (unpaired) electrons. The van der Waals surface area contributed by atoms with Crippen molar-refractivity contribution in [3.63, 3.8) is 0 Å². The summed E-state index contributed by atoms with van der Waals surface area (Å²) < 4.78 is 0. The highest BCUT2D eigenvalue weighted by atomic mass is 16.3. The van der Waals surface area contributed by atoms with Crippen molar-refractivity contribution in [3.05, 3.63) is 23.3 Å². The summed E-state index contributed by atoms with van der Waals surface area (Å²) in [5.41, 5.74) is 2.73. The summed E-state index contributed by atoms with van der Waals surface area (Å²) >= 11 is 0. The smallest absolute Gasteiger partial charge is 0.0598 e. The zero-order valence-corrected chi connectivity index (χ0v) is 14.3. The molecule has 0 aromatic carbocycles. The third-order valence-electron chi connectivity index (χ3n) is 4.66. The fourth-order valence-corrected chi connectivity index (χ4v) is 3.37. The zero-order chi connectivity index (χ0) is 15.8. The first-order valence-corrected chi connectivity index (χ1v) is 8.59. The van der Waals surface area contributed by atoms with Gasteiger partial charge in [-0.3, -0.25) is 0 Å². The molecule has 0 saturated heterocycles. The summed E-state index contributed by atoms with van der Waals surface area (Å²) in [7, 11) is 0. The Labute approximate surface area is 131 Å². The van der Waals surface area contributed by atoms with E-state index in [9.17, 15) is 10.2 Å². The fraction of sp³-hybridized carbons (Fsp3) is 0.789. The van der Waals surface area contributed by atoms with Crippen molar-refractivity contribution in [1.82, 2.24) is 0 Å². The fourth-order valence-electron chi connectivity index (χ4n) is 3.37. The molecule has 0 heterocycles. The molecular formula is C19H34O2. The summed E-state index contributed by atoms with van der Waals surface area (Å²) in [6, 6.07) is 0. The molecule has 0 aliphatic heterocycles. The van der Waals surface area contributed by atoms with Gasteiger partial charge in [0.25, 0.3) is 0 Å². The molecule has 1 rings (SSSR count). The first-order chi connectivity index (χ1) is 9.93. The van der Waals surface area contributed by atoms with Crippen molar-refractivity contribution in [3.8, 4) is 0 Å². The third kappa shape index (κ3) is 6.80. The minimum absolute atomic E-state index is 0.0245. The summed E-state index contributed by atoms with van der Waals surface area (Å²) in [5, 5.41) is 20.6. The van der Waals surface area contributed by atoms with Crippen LogP contribution in [0.2, 0.25) is 0 Å². The van der Waals surface area contributed by atoms with Crippen LogP contribution in [0.1, 0.15) is 72.6 Å². The minimum Gasteiger partial charge on any atom is -0.393 e. The Bertz CT molecular complexity index is 341. The summed E-state index contributed by atoms with van der Waals surface area (Å²) in [6.45, 7) is 8.57. The Morgan fingerprint density at radius 3 is 2.19 bits per heavy atom. The number of allylic oxidation sites excluding steroid dienone is 4. The van der Waals surface area contributed by atoms with Gasteiger partial charge < -0.3 is 10.2 Å². The van der Waals surface area contributed by atoms with Crippen molar-refractivity contribution in [2.24, 2.45) is 11.8 Å². The van der Waals surface area contributed by atoms with Crippen LogP contribution in [0.3, 0.4) is 0 Å². The van der Waals surface area contributed by atoms with Crippen LogP contribution in [-0.4, -0.2) is 22.4 Å².